The van der Waals surface area contributed by atoms with Crippen LogP contribution in [0.1, 0.15) is 112 Å². The minimum absolute atomic E-state index is 0.553. The topological polar surface area (TPSA) is 0 Å². The van der Waals surface area contributed by atoms with Crippen molar-refractivity contribution in [1.29, 1.82) is 0 Å². The van der Waals surface area contributed by atoms with Crippen LogP contribution in [0.4, 0.5) is 0 Å². The van der Waals surface area contributed by atoms with E-state index in [1.54, 1.807) is 0 Å². The monoisotopic (exact) mass is 384 g/mol. The van der Waals surface area contributed by atoms with Gasteiger partial charge in [-0.15, -0.1) is 0 Å². The van der Waals surface area contributed by atoms with Crippen molar-refractivity contribution in [1.82, 2.24) is 0 Å². The summed E-state index contributed by atoms with van der Waals surface area (Å²) < 4.78 is 0. The molecule has 4 aliphatic rings. The molecule has 0 aromatic carbocycles. The predicted molar refractivity (Wildman–Crippen MR) is 122 cm³/mol. The quantitative estimate of drug-likeness (QED) is 0.416. The Hall–Kier alpha value is -0.260. The minimum atomic E-state index is 0.553. The molecule has 0 saturated heterocycles. The van der Waals surface area contributed by atoms with E-state index >= 15 is 0 Å². The first-order chi connectivity index (χ1) is 13.3. The Labute approximate surface area is 176 Å². The average molecular weight is 385 g/mol. The fourth-order valence-electron chi connectivity index (χ4n) is 8.87. The van der Waals surface area contributed by atoms with Crippen molar-refractivity contribution in [3.63, 3.8) is 0 Å². The highest BCUT2D eigenvalue weighted by Crippen LogP contribution is 2.67. The molecule has 160 valence electrons. The van der Waals surface area contributed by atoms with Gasteiger partial charge in [0.05, 0.1) is 0 Å². The second-order valence-corrected chi connectivity index (χ2v) is 12.6. The Morgan fingerprint density at radius 1 is 0.964 bits per heavy atom. The van der Waals surface area contributed by atoms with Crippen molar-refractivity contribution in [2.75, 3.05) is 0 Å². The van der Waals surface area contributed by atoms with Crippen LogP contribution >= 0.6 is 0 Å². The fourth-order valence-corrected chi connectivity index (χ4v) is 8.87. The van der Waals surface area contributed by atoms with E-state index in [9.17, 15) is 0 Å². The van der Waals surface area contributed by atoms with Crippen LogP contribution in [0.5, 0.6) is 0 Å². The van der Waals surface area contributed by atoms with Gasteiger partial charge in [0.2, 0.25) is 0 Å². The van der Waals surface area contributed by atoms with Crippen molar-refractivity contribution in [3.8, 4) is 0 Å². The van der Waals surface area contributed by atoms with Gasteiger partial charge in [-0.25, -0.2) is 0 Å². The van der Waals surface area contributed by atoms with Gasteiger partial charge in [-0.2, -0.15) is 0 Å². The van der Waals surface area contributed by atoms with E-state index in [0.29, 0.717) is 10.8 Å². The lowest BCUT2D eigenvalue weighted by molar-refractivity contribution is -0.0523. The van der Waals surface area contributed by atoms with Crippen LogP contribution in [-0.4, -0.2) is 0 Å². The SMILES string of the molecule is CC(C)CCC[C@@H](C)C1CCC2C3CC=C4CC(C)CC[C@]4(C)C3CC[C@@]21C. The van der Waals surface area contributed by atoms with Gasteiger partial charge in [0.1, 0.15) is 0 Å². The third-order valence-corrected chi connectivity index (χ3v) is 10.6. The van der Waals surface area contributed by atoms with Crippen molar-refractivity contribution in [2.24, 2.45) is 52.3 Å². The van der Waals surface area contributed by atoms with Crippen LogP contribution in [-0.2, 0) is 0 Å². The minimum Gasteiger partial charge on any atom is -0.0845 e. The molecule has 0 bridgehead atoms. The largest absolute Gasteiger partial charge is 0.0845 e. The first kappa shape index (κ1) is 21.0. The molecule has 0 spiro atoms. The number of hydrogen-bond donors (Lipinski definition) is 0. The van der Waals surface area contributed by atoms with Crippen LogP contribution < -0.4 is 0 Å². The van der Waals surface area contributed by atoms with Crippen LogP contribution in [0.25, 0.3) is 0 Å². The van der Waals surface area contributed by atoms with Gasteiger partial charge in [0.15, 0.2) is 0 Å². The van der Waals surface area contributed by atoms with Gasteiger partial charge < -0.3 is 0 Å². The maximum absolute atomic E-state index is 2.75. The number of rotatable bonds is 5. The first-order valence-corrected chi connectivity index (χ1v) is 12.9. The molecule has 0 aromatic heterocycles. The summed E-state index contributed by atoms with van der Waals surface area (Å²) in [4.78, 5) is 0. The van der Waals surface area contributed by atoms with E-state index in [-0.39, 0.29) is 0 Å². The average Bonchev–Trinajstić information content (AvgIpc) is 2.99. The standard InChI is InChI=1S/C28H48/c1-19(2)8-7-9-21(4)24-12-13-25-23-11-10-22-18-20(3)14-16-27(22,5)26(23)15-17-28(24,25)6/h10,19-21,23-26H,7-9,11-18H2,1-6H3/t20?,21-,23?,24?,25?,26?,27+,28-/m1/s1. The van der Waals surface area contributed by atoms with E-state index in [2.05, 4.69) is 47.6 Å². The molecule has 0 nitrogen and oxygen atoms in total. The smallest absolute Gasteiger partial charge is 0.00851 e. The lowest BCUT2D eigenvalue weighted by atomic mass is 9.46. The summed E-state index contributed by atoms with van der Waals surface area (Å²) in [5.74, 6) is 6.73. The lowest BCUT2D eigenvalue weighted by Crippen LogP contribution is -2.50. The van der Waals surface area contributed by atoms with Crippen LogP contribution in [0.2, 0.25) is 0 Å². The van der Waals surface area contributed by atoms with Crippen molar-refractivity contribution in [2.45, 2.75) is 112 Å². The van der Waals surface area contributed by atoms with Crippen molar-refractivity contribution < 1.29 is 0 Å². The highest BCUT2D eigenvalue weighted by molar-refractivity contribution is 5.25. The Balaban J connectivity index is 1.49. The highest BCUT2D eigenvalue weighted by atomic mass is 14.6. The summed E-state index contributed by atoms with van der Waals surface area (Å²) in [5.41, 5.74) is 3.06. The Morgan fingerprint density at radius 3 is 2.50 bits per heavy atom. The van der Waals surface area contributed by atoms with Gasteiger partial charge >= 0.3 is 0 Å². The van der Waals surface area contributed by atoms with E-state index < -0.39 is 0 Å². The molecule has 0 amide bonds. The summed E-state index contributed by atoms with van der Waals surface area (Å²) in [6, 6.07) is 0. The van der Waals surface area contributed by atoms with Gasteiger partial charge in [-0.3, -0.25) is 0 Å². The van der Waals surface area contributed by atoms with Crippen molar-refractivity contribution in [3.05, 3.63) is 11.6 Å². The summed E-state index contributed by atoms with van der Waals surface area (Å²) in [5, 5.41) is 0. The highest BCUT2D eigenvalue weighted by Gasteiger charge is 2.58. The van der Waals surface area contributed by atoms with Gasteiger partial charge in [0, 0.05) is 0 Å². The van der Waals surface area contributed by atoms with E-state index in [4.69, 9.17) is 0 Å². The molecule has 0 aromatic rings. The molecule has 4 rings (SSSR count). The van der Waals surface area contributed by atoms with Crippen LogP contribution in [0.15, 0.2) is 11.6 Å². The predicted octanol–water partition coefficient (Wildman–Crippen LogP) is 8.66. The molecule has 8 atom stereocenters. The van der Waals surface area contributed by atoms with E-state index in [1.165, 1.54) is 70.6 Å². The fraction of sp³-hybridized carbons (Fsp3) is 0.929. The molecule has 4 aliphatic carbocycles. The molecular weight excluding hydrogens is 336 g/mol. The molecule has 28 heavy (non-hydrogen) atoms. The molecule has 3 fully saturated rings. The Kier molecular flexibility index (Phi) is 5.83. The molecular formula is C28H48. The van der Waals surface area contributed by atoms with Gasteiger partial charge in [0.25, 0.3) is 0 Å². The normalized spacial score (nSPS) is 46.5. The second kappa shape index (κ2) is 7.77. The third-order valence-electron chi connectivity index (χ3n) is 10.6. The zero-order chi connectivity index (χ0) is 20.1. The van der Waals surface area contributed by atoms with E-state index in [0.717, 1.165) is 41.4 Å². The third kappa shape index (κ3) is 3.43. The van der Waals surface area contributed by atoms with Gasteiger partial charge in [-0.05, 0) is 104 Å². The molecule has 3 saturated carbocycles. The van der Waals surface area contributed by atoms with Gasteiger partial charge in [-0.1, -0.05) is 72.5 Å². The molecule has 0 radical (unpaired) electrons. The summed E-state index contributed by atoms with van der Waals surface area (Å²) in [6.45, 7) is 15.3. The maximum Gasteiger partial charge on any atom is -0.00851 e. The molecule has 0 aliphatic heterocycles. The Morgan fingerprint density at radius 2 is 1.75 bits per heavy atom. The van der Waals surface area contributed by atoms with Crippen LogP contribution in [0, 0.1) is 52.3 Å². The zero-order valence-corrected chi connectivity index (χ0v) is 19.9. The zero-order valence-electron chi connectivity index (χ0n) is 19.9. The molecule has 5 unspecified atom stereocenters. The summed E-state index contributed by atoms with van der Waals surface area (Å²) in [6.07, 6.45) is 19.0. The van der Waals surface area contributed by atoms with Crippen molar-refractivity contribution >= 4 is 0 Å². The second-order valence-electron chi connectivity index (χ2n) is 12.6. The number of fused-ring (bicyclic) bond motifs is 5. The summed E-state index contributed by atoms with van der Waals surface area (Å²) >= 11 is 0. The lowest BCUT2D eigenvalue weighted by Gasteiger charge is -2.58. The van der Waals surface area contributed by atoms with E-state index in [1.807, 2.05) is 5.57 Å². The molecule has 0 heterocycles. The maximum atomic E-state index is 2.75. The molecule has 0 heteroatoms. The molecule has 0 N–H and O–H groups in total. The summed E-state index contributed by atoms with van der Waals surface area (Å²) in [7, 11) is 0. The Bertz CT molecular complexity index is 585. The first-order valence-electron chi connectivity index (χ1n) is 12.9. The number of hydrogen-bond acceptors (Lipinski definition) is 0. The van der Waals surface area contributed by atoms with Crippen LogP contribution in [0.3, 0.4) is 0 Å². The number of allylic oxidation sites excluding steroid dienone is 2.